The van der Waals surface area contributed by atoms with Gasteiger partial charge in [0.1, 0.15) is 11.8 Å². The molecule has 2 aromatic rings. The van der Waals surface area contributed by atoms with E-state index in [0.29, 0.717) is 17.7 Å². The Kier molecular flexibility index (Phi) is 4.92. The van der Waals surface area contributed by atoms with Crippen molar-refractivity contribution in [2.24, 2.45) is 0 Å². The highest BCUT2D eigenvalue weighted by molar-refractivity contribution is 6.05. The summed E-state index contributed by atoms with van der Waals surface area (Å²) in [6.45, 7) is 2.44. The highest BCUT2D eigenvalue weighted by atomic mass is 16.6. The second-order valence-electron chi connectivity index (χ2n) is 9.11. The number of hydrogen-bond donors (Lipinski definition) is 1. The van der Waals surface area contributed by atoms with Crippen LogP contribution in [0.15, 0.2) is 36.5 Å². The Morgan fingerprint density at radius 2 is 2.00 bits per heavy atom. The lowest BCUT2D eigenvalue weighted by molar-refractivity contribution is -0.136. The summed E-state index contributed by atoms with van der Waals surface area (Å²) in [5.41, 5.74) is 2.90. The van der Waals surface area contributed by atoms with Crippen LogP contribution in [0.25, 0.3) is 0 Å². The standard InChI is InChI=1S/C24H24N4O5/c1-24(9-10-24)19-7-4-15(12-25-19)27(2)23(32)33-16-5-3-14-13-28(22(31)17(14)11-16)18-6-8-20(29)26-21(18)30/h3-5,7,11-12,18H,6,8-10,13H2,1-2H3,(H,26,29,30). The maximum atomic E-state index is 12.9. The normalized spacial score (nSPS) is 20.8. The predicted octanol–water partition coefficient (Wildman–Crippen LogP) is 2.53. The van der Waals surface area contributed by atoms with Gasteiger partial charge in [-0.2, -0.15) is 0 Å². The maximum absolute atomic E-state index is 12.9. The third-order valence-corrected chi connectivity index (χ3v) is 6.73. The smallest absolute Gasteiger partial charge is 0.410 e. The van der Waals surface area contributed by atoms with Crippen LogP contribution in [0.3, 0.4) is 0 Å². The Labute approximate surface area is 190 Å². The SMILES string of the molecule is CN(C(=O)Oc1ccc2c(c1)C(=O)N(C1CCC(=O)NC1=O)C2)c1ccc(C2(C)CC2)nc1. The van der Waals surface area contributed by atoms with Gasteiger partial charge in [-0.1, -0.05) is 13.0 Å². The average molecular weight is 448 g/mol. The number of nitrogens with one attached hydrogen (secondary N) is 1. The zero-order valence-electron chi connectivity index (χ0n) is 18.5. The third-order valence-electron chi connectivity index (χ3n) is 6.73. The highest BCUT2D eigenvalue weighted by Crippen LogP contribution is 2.46. The minimum Gasteiger partial charge on any atom is -0.410 e. The van der Waals surface area contributed by atoms with Crippen LogP contribution in [0.4, 0.5) is 10.5 Å². The molecule has 1 aromatic carbocycles. The molecule has 0 bridgehead atoms. The van der Waals surface area contributed by atoms with Crippen LogP contribution >= 0.6 is 0 Å². The molecular formula is C24H24N4O5. The number of ether oxygens (including phenoxy) is 1. The summed E-state index contributed by atoms with van der Waals surface area (Å²) >= 11 is 0. The van der Waals surface area contributed by atoms with Crippen molar-refractivity contribution in [3.05, 3.63) is 53.3 Å². The van der Waals surface area contributed by atoms with Crippen LogP contribution in [-0.4, -0.2) is 46.8 Å². The Bertz CT molecular complexity index is 1170. The number of hydrogen-bond acceptors (Lipinski definition) is 6. The number of fused-ring (bicyclic) bond motifs is 1. The first-order chi connectivity index (χ1) is 15.7. The minimum absolute atomic E-state index is 0.149. The average Bonchev–Trinajstić information content (AvgIpc) is 3.48. The summed E-state index contributed by atoms with van der Waals surface area (Å²) in [6.07, 6.45) is 3.79. The maximum Gasteiger partial charge on any atom is 0.419 e. The Morgan fingerprint density at radius 1 is 1.21 bits per heavy atom. The molecule has 2 fully saturated rings. The van der Waals surface area contributed by atoms with Crippen molar-refractivity contribution in [1.29, 1.82) is 0 Å². The lowest BCUT2D eigenvalue weighted by Gasteiger charge is -2.29. The van der Waals surface area contributed by atoms with E-state index < -0.39 is 18.0 Å². The number of anilines is 1. The molecule has 3 aliphatic rings. The molecule has 170 valence electrons. The Hall–Kier alpha value is -3.75. The van der Waals surface area contributed by atoms with E-state index in [1.165, 1.54) is 15.9 Å². The number of nitrogens with zero attached hydrogens (tertiary/aromatic N) is 3. The van der Waals surface area contributed by atoms with Crippen molar-refractivity contribution in [1.82, 2.24) is 15.2 Å². The minimum atomic E-state index is -0.687. The van der Waals surface area contributed by atoms with E-state index in [2.05, 4.69) is 17.2 Å². The largest absolute Gasteiger partial charge is 0.419 e. The molecular weight excluding hydrogens is 424 g/mol. The van der Waals surface area contributed by atoms with Gasteiger partial charge in [-0.3, -0.25) is 29.6 Å². The number of carbonyl (C=O) groups excluding carboxylic acids is 4. The number of amides is 4. The van der Waals surface area contributed by atoms with E-state index in [1.807, 2.05) is 12.1 Å². The fraction of sp³-hybridized carbons (Fsp3) is 0.375. The van der Waals surface area contributed by atoms with Crippen molar-refractivity contribution >= 4 is 29.5 Å². The molecule has 1 saturated carbocycles. The second kappa shape index (κ2) is 7.68. The second-order valence-corrected chi connectivity index (χ2v) is 9.11. The molecule has 9 heteroatoms. The van der Waals surface area contributed by atoms with Gasteiger partial charge >= 0.3 is 6.09 Å². The van der Waals surface area contributed by atoms with Crippen molar-refractivity contribution in [2.75, 3.05) is 11.9 Å². The molecule has 0 spiro atoms. The van der Waals surface area contributed by atoms with Gasteiger partial charge in [0.2, 0.25) is 11.8 Å². The molecule has 3 heterocycles. The summed E-state index contributed by atoms with van der Waals surface area (Å²) in [4.78, 5) is 56.5. The Balaban J connectivity index is 1.27. The number of carbonyl (C=O) groups is 4. The van der Waals surface area contributed by atoms with E-state index in [4.69, 9.17) is 4.74 Å². The van der Waals surface area contributed by atoms with Gasteiger partial charge in [0.15, 0.2) is 0 Å². The molecule has 1 saturated heterocycles. The summed E-state index contributed by atoms with van der Waals surface area (Å²) in [7, 11) is 1.60. The lowest BCUT2D eigenvalue weighted by atomic mass is 10.0. The van der Waals surface area contributed by atoms with Crippen LogP contribution in [0.2, 0.25) is 0 Å². The van der Waals surface area contributed by atoms with Gasteiger partial charge in [0, 0.05) is 36.7 Å². The summed E-state index contributed by atoms with van der Waals surface area (Å²) in [6, 6.07) is 7.95. The van der Waals surface area contributed by atoms with Crippen LogP contribution < -0.4 is 15.0 Å². The number of rotatable bonds is 4. The van der Waals surface area contributed by atoms with Gasteiger partial charge < -0.3 is 9.64 Å². The summed E-state index contributed by atoms with van der Waals surface area (Å²) in [5.74, 6) is -0.875. The van der Waals surface area contributed by atoms with Gasteiger partial charge in [0.25, 0.3) is 5.91 Å². The highest BCUT2D eigenvalue weighted by Gasteiger charge is 2.41. The van der Waals surface area contributed by atoms with Crippen LogP contribution in [0.1, 0.15) is 54.2 Å². The zero-order chi connectivity index (χ0) is 23.3. The quantitative estimate of drug-likeness (QED) is 0.720. The molecule has 1 N–H and O–H groups in total. The van der Waals surface area contributed by atoms with E-state index in [9.17, 15) is 19.2 Å². The lowest BCUT2D eigenvalue weighted by Crippen LogP contribution is -2.52. The topological polar surface area (TPSA) is 109 Å². The third kappa shape index (κ3) is 3.83. The number of imide groups is 1. The number of piperidine rings is 1. The van der Waals surface area contributed by atoms with E-state index in [1.54, 1.807) is 25.4 Å². The fourth-order valence-electron chi connectivity index (χ4n) is 4.26. The monoisotopic (exact) mass is 448 g/mol. The molecule has 4 amide bonds. The van der Waals surface area contributed by atoms with E-state index >= 15 is 0 Å². The van der Waals surface area contributed by atoms with Gasteiger partial charge in [-0.05, 0) is 49.1 Å². The number of aromatic nitrogens is 1. The predicted molar refractivity (Wildman–Crippen MR) is 118 cm³/mol. The van der Waals surface area contributed by atoms with Crippen LogP contribution in [0, 0.1) is 0 Å². The molecule has 9 nitrogen and oxygen atoms in total. The molecule has 33 heavy (non-hydrogen) atoms. The zero-order valence-corrected chi connectivity index (χ0v) is 18.5. The molecule has 0 radical (unpaired) electrons. The van der Waals surface area contributed by atoms with Gasteiger partial charge in [-0.25, -0.2) is 4.79 Å². The first-order valence-electron chi connectivity index (χ1n) is 10.9. The van der Waals surface area contributed by atoms with Crippen LogP contribution in [-0.2, 0) is 21.5 Å². The molecule has 2 aliphatic heterocycles. The fourth-order valence-corrected chi connectivity index (χ4v) is 4.26. The first-order valence-corrected chi connectivity index (χ1v) is 10.9. The number of pyridine rings is 1. The Morgan fingerprint density at radius 3 is 2.67 bits per heavy atom. The van der Waals surface area contributed by atoms with E-state index in [-0.39, 0.29) is 35.9 Å². The molecule has 1 atom stereocenters. The summed E-state index contributed by atoms with van der Waals surface area (Å²) in [5, 5.41) is 2.28. The summed E-state index contributed by atoms with van der Waals surface area (Å²) < 4.78 is 5.49. The molecule has 5 rings (SSSR count). The van der Waals surface area contributed by atoms with Crippen molar-refractivity contribution in [3.8, 4) is 5.75 Å². The van der Waals surface area contributed by atoms with Crippen molar-refractivity contribution < 1.29 is 23.9 Å². The first kappa shape index (κ1) is 21.1. The molecule has 1 aliphatic carbocycles. The van der Waals surface area contributed by atoms with Gasteiger partial charge in [-0.15, -0.1) is 0 Å². The van der Waals surface area contributed by atoms with Crippen molar-refractivity contribution in [2.45, 2.75) is 50.6 Å². The van der Waals surface area contributed by atoms with E-state index in [0.717, 1.165) is 24.1 Å². The van der Waals surface area contributed by atoms with Crippen molar-refractivity contribution in [3.63, 3.8) is 0 Å². The molecule has 1 unspecified atom stereocenters. The molecule has 1 aromatic heterocycles. The number of benzene rings is 1. The van der Waals surface area contributed by atoms with Crippen LogP contribution in [0.5, 0.6) is 5.75 Å². The van der Waals surface area contributed by atoms with Gasteiger partial charge in [0.05, 0.1) is 11.9 Å².